The molecule has 1 N–H and O–H groups in total. The summed E-state index contributed by atoms with van der Waals surface area (Å²) < 4.78 is 11.3. The van der Waals surface area contributed by atoms with Crippen molar-refractivity contribution >= 4 is 0 Å². The van der Waals surface area contributed by atoms with Crippen molar-refractivity contribution in [1.29, 1.82) is 0 Å². The Morgan fingerprint density at radius 1 is 1.37 bits per heavy atom. The van der Waals surface area contributed by atoms with Crippen LogP contribution in [0.5, 0.6) is 0 Å². The topological polar surface area (TPSA) is 37.6 Å². The van der Waals surface area contributed by atoms with Gasteiger partial charge in [-0.25, -0.2) is 0 Å². The lowest BCUT2D eigenvalue weighted by Crippen LogP contribution is -2.46. The van der Waals surface area contributed by atoms with E-state index in [9.17, 15) is 0 Å². The quantitative estimate of drug-likeness (QED) is 0.884. The number of nitrogens with one attached hydrogen (secondary N) is 1. The number of rotatable bonds is 5. The van der Waals surface area contributed by atoms with Gasteiger partial charge in [-0.2, -0.15) is 0 Å². The Labute approximate surface area is 115 Å². The van der Waals surface area contributed by atoms with Crippen molar-refractivity contribution in [2.24, 2.45) is 0 Å². The molecule has 2 fully saturated rings. The molecule has 2 aliphatic rings. The molecule has 1 aromatic heterocycles. The highest BCUT2D eigenvalue weighted by Gasteiger charge is 2.24. The molecule has 106 valence electrons. The van der Waals surface area contributed by atoms with Crippen LogP contribution in [0.3, 0.4) is 0 Å². The van der Waals surface area contributed by atoms with Gasteiger partial charge in [0, 0.05) is 30.7 Å². The molecule has 4 heteroatoms. The summed E-state index contributed by atoms with van der Waals surface area (Å²) in [5, 5.41) is 3.51. The molecule has 1 saturated heterocycles. The molecule has 3 rings (SSSR count). The minimum absolute atomic E-state index is 0.321. The van der Waals surface area contributed by atoms with Gasteiger partial charge in [0.1, 0.15) is 5.76 Å². The van der Waals surface area contributed by atoms with E-state index in [1.807, 2.05) is 6.26 Å². The fraction of sp³-hybridized carbons (Fsp3) is 0.733. The molecule has 2 atom stereocenters. The third-order valence-corrected chi connectivity index (χ3v) is 3.98. The highest BCUT2D eigenvalue weighted by molar-refractivity contribution is 5.13. The van der Waals surface area contributed by atoms with Crippen molar-refractivity contribution in [1.82, 2.24) is 10.2 Å². The Morgan fingerprint density at radius 2 is 2.21 bits per heavy atom. The molecule has 0 bridgehead atoms. The summed E-state index contributed by atoms with van der Waals surface area (Å²) in [6, 6.07) is 3.40. The number of hydrogen-bond donors (Lipinski definition) is 1. The largest absolute Gasteiger partial charge is 0.468 e. The molecular weight excluding hydrogens is 240 g/mol. The maximum atomic E-state index is 5.68. The third kappa shape index (κ3) is 3.59. The molecule has 0 radical (unpaired) electrons. The first-order valence-corrected chi connectivity index (χ1v) is 7.36. The van der Waals surface area contributed by atoms with Gasteiger partial charge in [-0.15, -0.1) is 0 Å². The Hall–Kier alpha value is -0.840. The van der Waals surface area contributed by atoms with Gasteiger partial charge in [0.05, 0.1) is 25.5 Å². The van der Waals surface area contributed by atoms with Crippen LogP contribution in [0.4, 0.5) is 0 Å². The Morgan fingerprint density at radius 3 is 3.00 bits per heavy atom. The van der Waals surface area contributed by atoms with E-state index < -0.39 is 0 Å². The minimum Gasteiger partial charge on any atom is -0.468 e. The second-order valence-corrected chi connectivity index (χ2v) is 6.00. The van der Waals surface area contributed by atoms with E-state index in [2.05, 4.69) is 30.1 Å². The maximum Gasteiger partial charge on any atom is 0.118 e. The first kappa shape index (κ1) is 13.2. The van der Waals surface area contributed by atoms with Crippen molar-refractivity contribution < 1.29 is 9.15 Å². The average molecular weight is 264 g/mol. The number of furan rings is 1. The number of ether oxygens (including phenoxy) is 1. The van der Waals surface area contributed by atoms with E-state index in [0.717, 1.165) is 38.0 Å². The Kier molecular flexibility index (Phi) is 3.91. The lowest BCUT2D eigenvalue weighted by Gasteiger charge is -2.36. The lowest BCUT2D eigenvalue weighted by atomic mass is 10.2. The highest BCUT2D eigenvalue weighted by Crippen LogP contribution is 2.20. The van der Waals surface area contributed by atoms with Crippen LogP contribution in [0.25, 0.3) is 0 Å². The first-order chi connectivity index (χ1) is 9.20. The summed E-state index contributed by atoms with van der Waals surface area (Å²) in [5.74, 6) is 1.06. The van der Waals surface area contributed by atoms with Gasteiger partial charge in [-0.3, -0.25) is 4.90 Å². The molecule has 19 heavy (non-hydrogen) atoms. The summed E-state index contributed by atoms with van der Waals surface area (Å²) in [4.78, 5) is 2.44. The summed E-state index contributed by atoms with van der Waals surface area (Å²) >= 11 is 0. The van der Waals surface area contributed by atoms with Gasteiger partial charge in [0.15, 0.2) is 0 Å². The number of hydrogen-bond acceptors (Lipinski definition) is 4. The van der Waals surface area contributed by atoms with E-state index in [1.165, 1.54) is 18.4 Å². The Bertz CT molecular complexity index is 414. The van der Waals surface area contributed by atoms with Crippen LogP contribution in [-0.4, -0.2) is 36.2 Å². The smallest absolute Gasteiger partial charge is 0.118 e. The van der Waals surface area contributed by atoms with E-state index in [1.54, 1.807) is 0 Å². The molecule has 0 amide bonds. The zero-order chi connectivity index (χ0) is 13.2. The van der Waals surface area contributed by atoms with Crippen LogP contribution in [0.1, 0.15) is 38.0 Å². The fourth-order valence-corrected chi connectivity index (χ4v) is 2.54. The standard InChI is InChI=1S/C15H24N2O2/c1-11-9-18-12(2)7-17(11)8-15-5-13(10-19-15)6-16-14-3-4-14/h5,10-12,14,16H,3-4,6-9H2,1-2H3. The van der Waals surface area contributed by atoms with Gasteiger partial charge >= 0.3 is 0 Å². The summed E-state index contributed by atoms with van der Waals surface area (Å²) in [6.07, 6.45) is 4.86. The molecule has 1 saturated carbocycles. The average Bonchev–Trinajstić information content (AvgIpc) is 3.12. The van der Waals surface area contributed by atoms with Crippen LogP contribution in [0.15, 0.2) is 16.7 Å². The van der Waals surface area contributed by atoms with Crippen molar-refractivity contribution in [3.05, 3.63) is 23.7 Å². The molecule has 1 aromatic rings. The van der Waals surface area contributed by atoms with Gasteiger partial charge in [-0.1, -0.05) is 0 Å². The van der Waals surface area contributed by atoms with Crippen molar-refractivity contribution in [2.75, 3.05) is 13.2 Å². The van der Waals surface area contributed by atoms with Crippen molar-refractivity contribution in [3.63, 3.8) is 0 Å². The van der Waals surface area contributed by atoms with E-state index >= 15 is 0 Å². The maximum absolute atomic E-state index is 5.68. The van der Waals surface area contributed by atoms with Crippen LogP contribution in [0.2, 0.25) is 0 Å². The molecule has 0 spiro atoms. The molecule has 1 aliphatic heterocycles. The summed E-state index contributed by atoms with van der Waals surface area (Å²) in [5.41, 5.74) is 1.26. The van der Waals surface area contributed by atoms with Crippen LogP contribution < -0.4 is 5.32 Å². The summed E-state index contributed by atoms with van der Waals surface area (Å²) in [7, 11) is 0. The second-order valence-electron chi connectivity index (χ2n) is 6.00. The van der Waals surface area contributed by atoms with Gasteiger partial charge in [0.2, 0.25) is 0 Å². The Balaban J connectivity index is 1.53. The van der Waals surface area contributed by atoms with Crippen LogP contribution in [-0.2, 0) is 17.8 Å². The van der Waals surface area contributed by atoms with Crippen LogP contribution in [0, 0.1) is 0 Å². The van der Waals surface area contributed by atoms with E-state index in [0.29, 0.717) is 12.1 Å². The molecule has 0 aromatic carbocycles. The summed E-state index contributed by atoms with van der Waals surface area (Å²) in [6.45, 7) is 7.97. The second kappa shape index (κ2) is 5.65. The van der Waals surface area contributed by atoms with Gasteiger partial charge < -0.3 is 14.5 Å². The predicted molar refractivity (Wildman–Crippen MR) is 73.9 cm³/mol. The fourth-order valence-electron chi connectivity index (χ4n) is 2.54. The molecule has 2 heterocycles. The zero-order valence-electron chi connectivity index (χ0n) is 11.9. The monoisotopic (exact) mass is 264 g/mol. The molecule has 1 aliphatic carbocycles. The third-order valence-electron chi connectivity index (χ3n) is 3.98. The minimum atomic E-state index is 0.321. The van der Waals surface area contributed by atoms with Gasteiger partial charge in [0.25, 0.3) is 0 Å². The number of nitrogens with zero attached hydrogens (tertiary/aromatic N) is 1. The van der Waals surface area contributed by atoms with Crippen molar-refractivity contribution in [2.45, 2.75) is 58.0 Å². The number of morpholine rings is 1. The first-order valence-electron chi connectivity index (χ1n) is 7.36. The SMILES string of the molecule is CC1CN(Cc2cc(CNC3CC3)co2)C(C)CO1. The van der Waals surface area contributed by atoms with E-state index in [-0.39, 0.29) is 0 Å². The zero-order valence-corrected chi connectivity index (χ0v) is 11.9. The lowest BCUT2D eigenvalue weighted by molar-refractivity contribution is -0.0545. The predicted octanol–water partition coefficient (Wildman–Crippen LogP) is 2.14. The van der Waals surface area contributed by atoms with Gasteiger partial charge in [-0.05, 0) is 32.8 Å². The van der Waals surface area contributed by atoms with E-state index in [4.69, 9.17) is 9.15 Å². The normalized spacial score (nSPS) is 28.7. The van der Waals surface area contributed by atoms with Crippen LogP contribution >= 0.6 is 0 Å². The molecule has 2 unspecified atom stereocenters. The van der Waals surface area contributed by atoms with Crippen molar-refractivity contribution in [3.8, 4) is 0 Å². The molecular formula is C15H24N2O2. The highest BCUT2D eigenvalue weighted by atomic mass is 16.5. The molecule has 4 nitrogen and oxygen atoms in total.